The SMILES string of the molecule is C1C[C@H]2OCCC2([C@H]2CO2)C1. The van der Waals surface area contributed by atoms with E-state index in [1.165, 1.54) is 25.7 Å². The van der Waals surface area contributed by atoms with Crippen molar-refractivity contribution in [2.45, 2.75) is 37.9 Å². The summed E-state index contributed by atoms with van der Waals surface area (Å²) in [4.78, 5) is 0. The third-order valence-corrected chi connectivity index (χ3v) is 3.61. The molecule has 0 spiro atoms. The van der Waals surface area contributed by atoms with E-state index in [2.05, 4.69) is 0 Å². The molecule has 3 atom stereocenters. The van der Waals surface area contributed by atoms with Crippen LogP contribution in [0.15, 0.2) is 0 Å². The molecule has 0 radical (unpaired) electrons. The van der Waals surface area contributed by atoms with Gasteiger partial charge in [0.2, 0.25) is 0 Å². The summed E-state index contributed by atoms with van der Waals surface area (Å²) in [5, 5.41) is 0. The van der Waals surface area contributed by atoms with Gasteiger partial charge in [-0.25, -0.2) is 0 Å². The van der Waals surface area contributed by atoms with Gasteiger partial charge in [0.1, 0.15) is 0 Å². The molecule has 0 aromatic heterocycles. The van der Waals surface area contributed by atoms with Crippen LogP contribution in [0.5, 0.6) is 0 Å². The van der Waals surface area contributed by atoms with E-state index in [9.17, 15) is 0 Å². The van der Waals surface area contributed by atoms with Gasteiger partial charge in [-0.05, 0) is 19.3 Å². The number of epoxide rings is 1. The number of rotatable bonds is 1. The molecule has 0 N–H and O–H groups in total. The first-order valence-electron chi connectivity index (χ1n) is 4.65. The summed E-state index contributed by atoms with van der Waals surface area (Å²) in [7, 11) is 0. The van der Waals surface area contributed by atoms with Crippen molar-refractivity contribution in [2.75, 3.05) is 13.2 Å². The Labute approximate surface area is 66.9 Å². The highest BCUT2D eigenvalue weighted by atomic mass is 16.6. The third kappa shape index (κ3) is 0.744. The quantitative estimate of drug-likeness (QED) is 0.532. The zero-order valence-electron chi connectivity index (χ0n) is 6.71. The molecule has 2 aliphatic heterocycles. The summed E-state index contributed by atoms with van der Waals surface area (Å²) in [6.07, 6.45) is 6.35. The van der Waals surface area contributed by atoms with Gasteiger partial charge in [0.25, 0.3) is 0 Å². The lowest BCUT2D eigenvalue weighted by atomic mass is 9.80. The third-order valence-electron chi connectivity index (χ3n) is 3.61. The second kappa shape index (κ2) is 1.99. The van der Waals surface area contributed by atoms with Gasteiger partial charge in [-0.3, -0.25) is 0 Å². The first-order valence-corrected chi connectivity index (χ1v) is 4.65. The summed E-state index contributed by atoms with van der Waals surface area (Å²) in [5.74, 6) is 0. The average Bonchev–Trinajstić information content (AvgIpc) is 2.63. The maximum Gasteiger partial charge on any atom is 0.0891 e. The molecule has 1 saturated carbocycles. The lowest BCUT2D eigenvalue weighted by Gasteiger charge is -2.24. The van der Waals surface area contributed by atoms with Crippen LogP contribution in [-0.4, -0.2) is 25.4 Å². The van der Waals surface area contributed by atoms with Gasteiger partial charge in [-0.15, -0.1) is 0 Å². The van der Waals surface area contributed by atoms with Gasteiger partial charge < -0.3 is 9.47 Å². The smallest absolute Gasteiger partial charge is 0.0891 e. The first kappa shape index (κ1) is 6.44. The van der Waals surface area contributed by atoms with Crippen molar-refractivity contribution in [2.24, 2.45) is 5.41 Å². The van der Waals surface area contributed by atoms with Gasteiger partial charge in [0, 0.05) is 12.0 Å². The molecular formula is C9H14O2. The van der Waals surface area contributed by atoms with Crippen molar-refractivity contribution < 1.29 is 9.47 Å². The molecule has 3 rings (SSSR count). The normalized spacial score (nSPS) is 54.5. The summed E-state index contributed by atoms with van der Waals surface area (Å²) in [6.45, 7) is 1.98. The summed E-state index contributed by atoms with van der Waals surface area (Å²) in [6, 6.07) is 0. The molecule has 0 amide bonds. The van der Waals surface area contributed by atoms with Crippen molar-refractivity contribution in [3.05, 3.63) is 0 Å². The monoisotopic (exact) mass is 154 g/mol. The Bertz CT molecular complexity index is 164. The fourth-order valence-electron chi connectivity index (χ4n) is 2.90. The topological polar surface area (TPSA) is 21.8 Å². The van der Waals surface area contributed by atoms with E-state index < -0.39 is 0 Å². The minimum atomic E-state index is 0.472. The van der Waals surface area contributed by atoms with Crippen LogP contribution in [0.2, 0.25) is 0 Å². The van der Waals surface area contributed by atoms with Crippen LogP contribution < -0.4 is 0 Å². The lowest BCUT2D eigenvalue weighted by molar-refractivity contribution is 0.0562. The molecule has 11 heavy (non-hydrogen) atoms. The molecule has 1 unspecified atom stereocenters. The molecule has 0 aromatic rings. The highest BCUT2D eigenvalue weighted by Gasteiger charge is 2.57. The number of ether oxygens (including phenoxy) is 2. The summed E-state index contributed by atoms with van der Waals surface area (Å²) >= 11 is 0. The zero-order valence-corrected chi connectivity index (χ0v) is 6.71. The van der Waals surface area contributed by atoms with Gasteiger partial charge >= 0.3 is 0 Å². The fraction of sp³-hybridized carbons (Fsp3) is 1.00. The molecular weight excluding hydrogens is 140 g/mol. The molecule has 0 bridgehead atoms. The van der Waals surface area contributed by atoms with Crippen molar-refractivity contribution in [1.29, 1.82) is 0 Å². The predicted molar refractivity (Wildman–Crippen MR) is 40.4 cm³/mol. The van der Waals surface area contributed by atoms with Crippen LogP contribution >= 0.6 is 0 Å². The second-order valence-corrected chi connectivity index (χ2v) is 4.06. The molecule has 62 valence electrons. The average molecular weight is 154 g/mol. The van der Waals surface area contributed by atoms with Crippen LogP contribution in [0.1, 0.15) is 25.7 Å². The van der Waals surface area contributed by atoms with E-state index in [1.807, 2.05) is 0 Å². The van der Waals surface area contributed by atoms with Crippen LogP contribution in [-0.2, 0) is 9.47 Å². The van der Waals surface area contributed by atoms with Crippen LogP contribution in [0.3, 0.4) is 0 Å². The minimum absolute atomic E-state index is 0.472. The van der Waals surface area contributed by atoms with Crippen LogP contribution in [0.4, 0.5) is 0 Å². The Balaban J connectivity index is 1.90. The Morgan fingerprint density at radius 3 is 2.82 bits per heavy atom. The van der Waals surface area contributed by atoms with Crippen LogP contribution in [0.25, 0.3) is 0 Å². The largest absolute Gasteiger partial charge is 0.378 e. The predicted octanol–water partition coefficient (Wildman–Crippen LogP) is 1.34. The van der Waals surface area contributed by atoms with E-state index in [4.69, 9.17) is 9.47 Å². The van der Waals surface area contributed by atoms with Crippen LogP contribution in [0, 0.1) is 5.41 Å². The number of hydrogen-bond acceptors (Lipinski definition) is 2. The molecule has 2 nitrogen and oxygen atoms in total. The Morgan fingerprint density at radius 1 is 1.09 bits per heavy atom. The van der Waals surface area contributed by atoms with Crippen molar-refractivity contribution in [1.82, 2.24) is 0 Å². The standard InChI is InChI=1S/C9H14O2/c1-2-7-9(3-1,4-5-10-7)8-6-11-8/h7-8H,1-6H2/t7-,8-,9?/m1/s1. The van der Waals surface area contributed by atoms with E-state index in [0.717, 1.165) is 13.2 Å². The maximum atomic E-state index is 5.70. The second-order valence-electron chi connectivity index (χ2n) is 4.06. The van der Waals surface area contributed by atoms with Gasteiger partial charge in [0.05, 0.1) is 18.8 Å². The van der Waals surface area contributed by atoms with Gasteiger partial charge in [-0.1, -0.05) is 6.42 Å². The van der Waals surface area contributed by atoms with Gasteiger partial charge in [-0.2, -0.15) is 0 Å². The molecule has 3 aliphatic rings. The highest BCUT2D eigenvalue weighted by molar-refractivity contribution is 5.05. The highest BCUT2D eigenvalue weighted by Crippen LogP contribution is 2.53. The maximum absolute atomic E-state index is 5.70. The molecule has 2 heterocycles. The summed E-state index contributed by atoms with van der Waals surface area (Å²) < 4.78 is 11.1. The summed E-state index contributed by atoms with van der Waals surface area (Å²) in [5.41, 5.74) is 0.472. The first-order chi connectivity index (χ1) is 5.42. The van der Waals surface area contributed by atoms with E-state index in [-0.39, 0.29) is 0 Å². The molecule has 2 heteroatoms. The Morgan fingerprint density at radius 2 is 2.00 bits per heavy atom. The van der Waals surface area contributed by atoms with E-state index >= 15 is 0 Å². The van der Waals surface area contributed by atoms with Gasteiger partial charge in [0.15, 0.2) is 0 Å². The van der Waals surface area contributed by atoms with Crippen molar-refractivity contribution >= 4 is 0 Å². The van der Waals surface area contributed by atoms with Crippen molar-refractivity contribution in [3.8, 4) is 0 Å². The van der Waals surface area contributed by atoms with Crippen molar-refractivity contribution in [3.63, 3.8) is 0 Å². The number of fused-ring (bicyclic) bond motifs is 1. The Hall–Kier alpha value is -0.0800. The number of hydrogen-bond donors (Lipinski definition) is 0. The molecule has 1 aliphatic carbocycles. The molecule has 3 fully saturated rings. The Kier molecular flexibility index (Phi) is 1.16. The fourth-order valence-corrected chi connectivity index (χ4v) is 2.90. The minimum Gasteiger partial charge on any atom is -0.378 e. The molecule has 0 aromatic carbocycles. The zero-order chi connectivity index (χ0) is 7.31. The van der Waals surface area contributed by atoms with E-state index in [0.29, 0.717) is 17.6 Å². The lowest BCUT2D eigenvalue weighted by Crippen LogP contribution is -2.31. The van der Waals surface area contributed by atoms with E-state index in [1.54, 1.807) is 0 Å². The molecule has 2 saturated heterocycles.